The molecule has 0 atom stereocenters. The van der Waals surface area contributed by atoms with E-state index in [2.05, 4.69) is 46.4 Å². The molecule has 1 saturated carbocycles. The Morgan fingerprint density at radius 1 is 1.08 bits per heavy atom. The summed E-state index contributed by atoms with van der Waals surface area (Å²) in [5.41, 5.74) is 8.01. The van der Waals surface area contributed by atoms with Gasteiger partial charge in [-0.05, 0) is 31.0 Å². The number of nitrogens with zero attached hydrogens (tertiary/aromatic N) is 2. The van der Waals surface area contributed by atoms with Gasteiger partial charge in [0.25, 0.3) is 0 Å². The predicted octanol–water partition coefficient (Wildman–Crippen LogP) is 1.32. The van der Waals surface area contributed by atoms with Gasteiger partial charge in [-0.2, -0.15) is 0 Å². The Bertz CT molecular complexity index is 543. The summed E-state index contributed by atoms with van der Waals surface area (Å²) in [4.78, 5) is 17.1. The number of benzene rings is 1. The van der Waals surface area contributed by atoms with Crippen molar-refractivity contribution in [2.24, 2.45) is 5.73 Å². The van der Waals surface area contributed by atoms with Crippen LogP contribution in [-0.2, 0) is 17.9 Å². The van der Waals surface area contributed by atoms with E-state index in [0.717, 1.165) is 64.0 Å². The second-order valence-electron chi connectivity index (χ2n) is 7.44. The molecule has 1 amide bonds. The van der Waals surface area contributed by atoms with Crippen molar-refractivity contribution in [3.05, 3.63) is 35.4 Å². The van der Waals surface area contributed by atoms with Crippen LogP contribution in [0.3, 0.4) is 0 Å². The lowest BCUT2D eigenvalue weighted by Gasteiger charge is -2.32. The van der Waals surface area contributed by atoms with E-state index in [1.807, 2.05) is 0 Å². The molecule has 1 aromatic rings. The standard InChI is InChI=1S/C19H30N4O/c1-22-10-12-23(13-11-22)15-17-6-4-16(5-7-17)14-21-18(24)19(20)8-2-3-9-19/h4-7H,2-3,8-15,20H2,1H3,(H,21,24). The fraction of sp³-hybridized carbons (Fsp3) is 0.632. The van der Waals surface area contributed by atoms with E-state index in [4.69, 9.17) is 5.73 Å². The minimum Gasteiger partial charge on any atom is -0.350 e. The second kappa shape index (κ2) is 7.64. The van der Waals surface area contributed by atoms with Crippen LogP contribution >= 0.6 is 0 Å². The van der Waals surface area contributed by atoms with Crippen molar-refractivity contribution in [2.45, 2.75) is 44.3 Å². The Labute approximate surface area is 145 Å². The smallest absolute Gasteiger partial charge is 0.240 e. The highest BCUT2D eigenvalue weighted by Gasteiger charge is 2.36. The summed E-state index contributed by atoms with van der Waals surface area (Å²) in [5.74, 6) is 0.00140. The monoisotopic (exact) mass is 330 g/mol. The number of hydrogen-bond donors (Lipinski definition) is 2. The number of nitrogens with one attached hydrogen (secondary N) is 1. The van der Waals surface area contributed by atoms with Gasteiger partial charge in [-0.3, -0.25) is 9.69 Å². The topological polar surface area (TPSA) is 61.6 Å². The molecule has 2 aliphatic rings. The minimum atomic E-state index is -0.638. The number of nitrogens with two attached hydrogens (primary N) is 1. The zero-order chi connectivity index (χ0) is 17.0. The molecule has 0 bridgehead atoms. The van der Waals surface area contributed by atoms with E-state index < -0.39 is 5.54 Å². The molecule has 0 spiro atoms. The van der Waals surface area contributed by atoms with Gasteiger partial charge >= 0.3 is 0 Å². The van der Waals surface area contributed by atoms with E-state index in [9.17, 15) is 4.79 Å². The fourth-order valence-electron chi connectivity index (χ4n) is 3.62. The van der Waals surface area contributed by atoms with Crippen LogP contribution in [0.5, 0.6) is 0 Å². The van der Waals surface area contributed by atoms with Gasteiger partial charge in [0.2, 0.25) is 5.91 Å². The van der Waals surface area contributed by atoms with Gasteiger partial charge in [0.1, 0.15) is 0 Å². The van der Waals surface area contributed by atoms with Gasteiger partial charge in [0.15, 0.2) is 0 Å². The molecule has 1 saturated heterocycles. The van der Waals surface area contributed by atoms with E-state index in [1.54, 1.807) is 0 Å². The molecule has 5 heteroatoms. The minimum absolute atomic E-state index is 0.00140. The van der Waals surface area contributed by atoms with Gasteiger partial charge in [-0.25, -0.2) is 0 Å². The zero-order valence-electron chi connectivity index (χ0n) is 14.8. The molecular formula is C19H30N4O. The third-order valence-electron chi connectivity index (χ3n) is 5.43. The Morgan fingerprint density at radius 3 is 2.29 bits per heavy atom. The zero-order valence-corrected chi connectivity index (χ0v) is 14.8. The van der Waals surface area contributed by atoms with Crippen LogP contribution in [-0.4, -0.2) is 54.5 Å². The fourth-order valence-corrected chi connectivity index (χ4v) is 3.62. The Hall–Kier alpha value is -1.43. The quantitative estimate of drug-likeness (QED) is 0.855. The molecule has 1 heterocycles. The van der Waals surface area contributed by atoms with Crippen LogP contribution < -0.4 is 11.1 Å². The van der Waals surface area contributed by atoms with Crippen molar-refractivity contribution >= 4 is 5.91 Å². The number of piperazine rings is 1. The number of amides is 1. The largest absolute Gasteiger partial charge is 0.350 e. The first kappa shape index (κ1) is 17.4. The lowest BCUT2D eigenvalue weighted by molar-refractivity contribution is -0.126. The van der Waals surface area contributed by atoms with Crippen molar-refractivity contribution in [3.63, 3.8) is 0 Å². The molecular weight excluding hydrogens is 300 g/mol. The van der Waals surface area contributed by atoms with Crippen LogP contribution in [0.4, 0.5) is 0 Å². The van der Waals surface area contributed by atoms with Crippen molar-refractivity contribution in [2.75, 3.05) is 33.2 Å². The second-order valence-corrected chi connectivity index (χ2v) is 7.44. The number of carbonyl (C=O) groups is 1. The highest BCUT2D eigenvalue weighted by molar-refractivity contribution is 5.86. The molecule has 3 N–H and O–H groups in total. The van der Waals surface area contributed by atoms with Crippen LogP contribution in [0.2, 0.25) is 0 Å². The average Bonchev–Trinajstić information content (AvgIpc) is 3.04. The normalized spacial score (nSPS) is 21.8. The lowest BCUT2D eigenvalue weighted by Crippen LogP contribution is -2.51. The Morgan fingerprint density at radius 2 is 1.67 bits per heavy atom. The first-order chi connectivity index (χ1) is 11.5. The number of likely N-dealkylation sites (N-methyl/N-ethyl adjacent to an activating group) is 1. The molecule has 24 heavy (non-hydrogen) atoms. The first-order valence-corrected chi connectivity index (χ1v) is 9.11. The highest BCUT2D eigenvalue weighted by atomic mass is 16.2. The maximum Gasteiger partial charge on any atom is 0.240 e. The maximum absolute atomic E-state index is 12.2. The maximum atomic E-state index is 12.2. The molecule has 132 valence electrons. The summed E-state index contributed by atoms with van der Waals surface area (Å²) in [5, 5.41) is 3.01. The third-order valence-corrected chi connectivity index (χ3v) is 5.43. The lowest BCUT2D eigenvalue weighted by atomic mass is 9.98. The summed E-state index contributed by atoms with van der Waals surface area (Å²) in [7, 11) is 2.18. The number of rotatable bonds is 5. The summed E-state index contributed by atoms with van der Waals surface area (Å²) in [6.07, 6.45) is 3.74. The molecule has 2 fully saturated rings. The van der Waals surface area contributed by atoms with Crippen LogP contribution in [0.25, 0.3) is 0 Å². The van der Waals surface area contributed by atoms with Crippen LogP contribution in [0.1, 0.15) is 36.8 Å². The summed E-state index contributed by atoms with van der Waals surface area (Å²) < 4.78 is 0. The van der Waals surface area contributed by atoms with E-state index >= 15 is 0 Å². The predicted molar refractivity (Wildman–Crippen MR) is 96.4 cm³/mol. The van der Waals surface area contributed by atoms with Gasteiger partial charge in [0, 0.05) is 39.3 Å². The van der Waals surface area contributed by atoms with Crippen LogP contribution in [0, 0.1) is 0 Å². The van der Waals surface area contributed by atoms with Gasteiger partial charge < -0.3 is 16.0 Å². The Balaban J connectivity index is 1.47. The molecule has 1 aliphatic heterocycles. The number of carbonyl (C=O) groups excluding carboxylic acids is 1. The molecule has 5 nitrogen and oxygen atoms in total. The average molecular weight is 330 g/mol. The molecule has 0 aromatic heterocycles. The molecule has 1 aromatic carbocycles. The molecule has 1 aliphatic carbocycles. The van der Waals surface area contributed by atoms with Crippen molar-refractivity contribution in [1.82, 2.24) is 15.1 Å². The molecule has 0 radical (unpaired) electrons. The van der Waals surface area contributed by atoms with E-state index in [1.165, 1.54) is 5.56 Å². The third kappa shape index (κ3) is 4.35. The van der Waals surface area contributed by atoms with Crippen molar-refractivity contribution in [3.8, 4) is 0 Å². The van der Waals surface area contributed by atoms with E-state index in [0.29, 0.717) is 6.54 Å². The Kier molecular flexibility index (Phi) is 5.54. The van der Waals surface area contributed by atoms with Gasteiger partial charge in [0.05, 0.1) is 5.54 Å². The first-order valence-electron chi connectivity index (χ1n) is 9.11. The van der Waals surface area contributed by atoms with Gasteiger partial charge in [-0.1, -0.05) is 37.1 Å². The van der Waals surface area contributed by atoms with Crippen molar-refractivity contribution in [1.29, 1.82) is 0 Å². The van der Waals surface area contributed by atoms with Gasteiger partial charge in [-0.15, -0.1) is 0 Å². The van der Waals surface area contributed by atoms with Crippen LogP contribution in [0.15, 0.2) is 24.3 Å². The summed E-state index contributed by atoms with van der Waals surface area (Å²) in [6, 6.07) is 8.58. The molecule has 0 unspecified atom stereocenters. The highest BCUT2D eigenvalue weighted by Crippen LogP contribution is 2.27. The number of hydrogen-bond acceptors (Lipinski definition) is 4. The van der Waals surface area contributed by atoms with E-state index in [-0.39, 0.29) is 5.91 Å². The SMILES string of the molecule is CN1CCN(Cc2ccc(CNC(=O)C3(N)CCCC3)cc2)CC1. The summed E-state index contributed by atoms with van der Waals surface area (Å²) in [6.45, 7) is 6.12. The van der Waals surface area contributed by atoms with Crippen molar-refractivity contribution < 1.29 is 4.79 Å². The molecule has 3 rings (SSSR count). The summed E-state index contributed by atoms with van der Waals surface area (Å²) >= 11 is 0.